The van der Waals surface area contributed by atoms with Gasteiger partial charge in [-0.05, 0) is 18.6 Å². The predicted molar refractivity (Wildman–Crippen MR) is 82.6 cm³/mol. The van der Waals surface area contributed by atoms with Crippen LogP contribution in [0.5, 0.6) is 0 Å². The highest BCUT2D eigenvalue weighted by atomic mass is 35.5. The SMILES string of the molecule is CCNc1cnc(CSCc2ccccc2Cl)cn1. The number of rotatable bonds is 6. The van der Waals surface area contributed by atoms with E-state index in [1.165, 1.54) is 0 Å². The van der Waals surface area contributed by atoms with Gasteiger partial charge in [-0.25, -0.2) is 4.98 Å². The molecule has 3 nitrogen and oxygen atoms in total. The number of hydrogen-bond acceptors (Lipinski definition) is 4. The minimum Gasteiger partial charge on any atom is -0.369 e. The Morgan fingerprint density at radius 3 is 2.68 bits per heavy atom. The van der Waals surface area contributed by atoms with E-state index in [4.69, 9.17) is 11.6 Å². The summed E-state index contributed by atoms with van der Waals surface area (Å²) in [7, 11) is 0. The Morgan fingerprint density at radius 1 is 1.16 bits per heavy atom. The molecule has 19 heavy (non-hydrogen) atoms. The summed E-state index contributed by atoms with van der Waals surface area (Å²) in [6.07, 6.45) is 3.59. The average molecular weight is 294 g/mol. The molecule has 0 spiro atoms. The molecule has 0 amide bonds. The Bertz CT molecular complexity index is 516. The van der Waals surface area contributed by atoms with Crippen molar-refractivity contribution >= 4 is 29.2 Å². The summed E-state index contributed by atoms with van der Waals surface area (Å²) in [5.41, 5.74) is 2.14. The number of hydrogen-bond donors (Lipinski definition) is 1. The number of anilines is 1. The summed E-state index contributed by atoms with van der Waals surface area (Å²) in [6.45, 7) is 2.89. The summed E-state index contributed by atoms with van der Waals surface area (Å²) >= 11 is 7.90. The first-order valence-corrected chi connectivity index (χ1v) is 7.69. The minimum absolute atomic E-state index is 0.822. The third-order valence-electron chi connectivity index (χ3n) is 2.53. The quantitative estimate of drug-likeness (QED) is 0.874. The molecule has 2 rings (SSSR count). The fourth-order valence-electron chi connectivity index (χ4n) is 1.58. The molecule has 2 aromatic rings. The maximum Gasteiger partial charge on any atom is 0.144 e. The molecule has 0 saturated heterocycles. The number of thioether (sulfide) groups is 1. The molecule has 0 radical (unpaired) electrons. The van der Waals surface area contributed by atoms with E-state index in [0.717, 1.165) is 40.1 Å². The van der Waals surface area contributed by atoms with Crippen LogP contribution in [0.15, 0.2) is 36.7 Å². The molecule has 0 saturated carbocycles. The third kappa shape index (κ3) is 4.40. The van der Waals surface area contributed by atoms with Crippen molar-refractivity contribution in [2.75, 3.05) is 11.9 Å². The van der Waals surface area contributed by atoms with E-state index in [-0.39, 0.29) is 0 Å². The molecule has 1 aromatic carbocycles. The predicted octanol–water partition coefficient (Wildman–Crippen LogP) is 4.00. The van der Waals surface area contributed by atoms with Gasteiger partial charge in [0.2, 0.25) is 0 Å². The lowest BCUT2D eigenvalue weighted by Crippen LogP contribution is -2.00. The zero-order valence-corrected chi connectivity index (χ0v) is 12.3. The second-order valence-corrected chi connectivity index (χ2v) is 5.40. The van der Waals surface area contributed by atoms with E-state index in [2.05, 4.69) is 21.4 Å². The van der Waals surface area contributed by atoms with Gasteiger partial charge < -0.3 is 5.32 Å². The van der Waals surface area contributed by atoms with Crippen molar-refractivity contribution in [3.63, 3.8) is 0 Å². The zero-order chi connectivity index (χ0) is 13.5. The van der Waals surface area contributed by atoms with Crippen LogP contribution < -0.4 is 5.32 Å². The van der Waals surface area contributed by atoms with Crippen molar-refractivity contribution in [2.45, 2.75) is 18.4 Å². The van der Waals surface area contributed by atoms with Crippen molar-refractivity contribution < 1.29 is 0 Å². The molecule has 100 valence electrons. The molecule has 0 fully saturated rings. The summed E-state index contributed by atoms with van der Waals surface area (Å²) in [5.74, 6) is 2.54. The summed E-state index contributed by atoms with van der Waals surface area (Å²) in [4.78, 5) is 8.67. The molecular weight excluding hydrogens is 278 g/mol. The highest BCUT2D eigenvalue weighted by molar-refractivity contribution is 7.97. The van der Waals surface area contributed by atoms with Crippen LogP contribution in [0.3, 0.4) is 0 Å². The van der Waals surface area contributed by atoms with Gasteiger partial charge in [-0.2, -0.15) is 11.8 Å². The first kappa shape index (κ1) is 14.2. The van der Waals surface area contributed by atoms with Crippen LogP contribution in [0.25, 0.3) is 0 Å². The van der Waals surface area contributed by atoms with Gasteiger partial charge in [-0.3, -0.25) is 4.98 Å². The molecular formula is C14H16ClN3S. The van der Waals surface area contributed by atoms with Crippen molar-refractivity contribution in [2.24, 2.45) is 0 Å². The first-order chi connectivity index (χ1) is 9.29. The highest BCUT2D eigenvalue weighted by Gasteiger charge is 2.01. The highest BCUT2D eigenvalue weighted by Crippen LogP contribution is 2.22. The molecule has 0 aliphatic rings. The second-order valence-electron chi connectivity index (χ2n) is 4.01. The lowest BCUT2D eigenvalue weighted by atomic mass is 10.2. The van der Waals surface area contributed by atoms with E-state index in [1.807, 2.05) is 31.3 Å². The Hall–Kier alpha value is -1.26. The van der Waals surface area contributed by atoms with E-state index >= 15 is 0 Å². The smallest absolute Gasteiger partial charge is 0.144 e. The van der Waals surface area contributed by atoms with Crippen molar-refractivity contribution in [3.8, 4) is 0 Å². The topological polar surface area (TPSA) is 37.8 Å². The summed E-state index contributed by atoms with van der Waals surface area (Å²) in [5, 5.41) is 3.95. The Balaban J connectivity index is 1.84. The monoisotopic (exact) mass is 293 g/mol. The zero-order valence-electron chi connectivity index (χ0n) is 10.8. The number of aromatic nitrogens is 2. The second kappa shape index (κ2) is 7.36. The Morgan fingerprint density at radius 2 is 2.00 bits per heavy atom. The Kier molecular flexibility index (Phi) is 5.48. The number of nitrogens with zero attached hydrogens (tertiary/aromatic N) is 2. The van der Waals surface area contributed by atoms with Gasteiger partial charge in [-0.1, -0.05) is 29.8 Å². The van der Waals surface area contributed by atoms with Gasteiger partial charge in [0.25, 0.3) is 0 Å². The summed E-state index contributed by atoms with van der Waals surface area (Å²) in [6, 6.07) is 7.92. The van der Waals surface area contributed by atoms with E-state index < -0.39 is 0 Å². The van der Waals surface area contributed by atoms with Crippen molar-refractivity contribution in [1.82, 2.24) is 9.97 Å². The Labute approximate surface area is 122 Å². The molecule has 1 heterocycles. The van der Waals surface area contributed by atoms with Gasteiger partial charge in [0.05, 0.1) is 18.1 Å². The van der Waals surface area contributed by atoms with Gasteiger partial charge in [0, 0.05) is 23.1 Å². The van der Waals surface area contributed by atoms with Gasteiger partial charge in [0.15, 0.2) is 0 Å². The number of halogens is 1. The van der Waals surface area contributed by atoms with Crippen LogP contribution in [0.4, 0.5) is 5.82 Å². The molecule has 5 heteroatoms. The van der Waals surface area contributed by atoms with Crippen LogP contribution in [-0.4, -0.2) is 16.5 Å². The van der Waals surface area contributed by atoms with Gasteiger partial charge in [-0.15, -0.1) is 0 Å². The maximum atomic E-state index is 6.11. The molecule has 0 atom stereocenters. The molecule has 0 unspecified atom stereocenters. The average Bonchev–Trinajstić information content (AvgIpc) is 2.43. The van der Waals surface area contributed by atoms with Crippen LogP contribution in [0, 0.1) is 0 Å². The fourth-order valence-corrected chi connectivity index (χ4v) is 2.80. The maximum absolute atomic E-state index is 6.11. The number of nitrogens with one attached hydrogen (secondary N) is 1. The van der Waals surface area contributed by atoms with Crippen LogP contribution in [-0.2, 0) is 11.5 Å². The lowest BCUT2D eigenvalue weighted by molar-refractivity contribution is 1.07. The minimum atomic E-state index is 0.822. The normalized spacial score (nSPS) is 10.4. The van der Waals surface area contributed by atoms with Crippen LogP contribution >= 0.6 is 23.4 Å². The van der Waals surface area contributed by atoms with E-state index in [9.17, 15) is 0 Å². The fraction of sp³-hybridized carbons (Fsp3) is 0.286. The number of benzene rings is 1. The van der Waals surface area contributed by atoms with E-state index in [1.54, 1.807) is 18.0 Å². The van der Waals surface area contributed by atoms with E-state index in [0.29, 0.717) is 0 Å². The third-order valence-corrected chi connectivity index (χ3v) is 3.91. The van der Waals surface area contributed by atoms with Crippen molar-refractivity contribution in [3.05, 3.63) is 52.9 Å². The van der Waals surface area contributed by atoms with Gasteiger partial charge >= 0.3 is 0 Å². The molecule has 1 aromatic heterocycles. The van der Waals surface area contributed by atoms with Gasteiger partial charge in [0.1, 0.15) is 5.82 Å². The van der Waals surface area contributed by atoms with Crippen LogP contribution in [0.1, 0.15) is 18.2 Å². The standard InChI is InChI=1S/C14H16ClN3S/c1-2-16-14-8-17-12(7-18-14)10-19-9-11-5-3-4-6-13(11)15/h3-8H,2,9-10H2,1H3,(H,16,18). The molecule has 1 N–H and O–H groups in total. The molecule has 0 aliphatic heterocycles. The lowest BCUT2D eigenvalue weighted by Gasteiger charge is -2.05. The molecule has 0 aliphatic carbocycles. The van der Waals surface area contributed by atoms with Crippen molar-refractivity contribution in [1.29, 1.82) is 0 Å². The summed E-state index contributed by atoms with van der Waals surface area (Å²) < 4.78 is 0. The largest absolute Gasteiger partial charge is 0.369 e. The molecule has 0 bridgehead atoms. The van der Waals surface area contributed by atoms with Crippen LogP contribution in [0.2, 0.25) is 5.02 Å². The first-order valence-electron chi connectivity index (χ1n) is 6.15.